The zero-order valence-electron chi connectivity index (χ0n) is 19.8. The molecular weight excluding hydrogens is 470 g/mol. The first-order valence-corrected chi connectivity index (χ1v) is 11.9. The molecule has 1 N–H and O–H groups in total. The Kier molecular flexibility index (Phi) is 5.96. The van der Waals surface area contributed by atoms with E-state index in [0.717, 1.165) is 10.2 Å². The minimum atomic E-state index is -0.958. The molecule has 0 saturated carbocycles. The number of carbonyl (C=O) groups excluding carboxylic acids is 1. The van der Waals surface area contributed by atoms with Crippen molar-refractivity contribution in [3.05, 3.63) is 52.7 Å². The number of hydrogen-bond donors (Lipinski definition) is 1. The van der Waals surface area contributed by atoms with Crippen LogP contribution in [0.25, 0.3) is 21.1 Å². The Morgan fingerprint density at radius 3 is 2.49 bits per heavy atom. The van der Waals surface area contributed by atoms with Gasteiger partial charge in [-0.05, 0) is 25.1 Å². The predicted molar refractivity (Wildman–Crippen MR) is 132 cm³/mol. The Morgan fingerprint density at radius 1 is 1.11 bits per heavy atom. The number of pyridine rings is 1. The Labute approximate surface area is 205 Å². The van der Waals surface area contributed by atoms with Crippen LogP contribution in [0.5, 0.6) is 11.5 Å². The molecule has 4 aromatic rings. The zero-order valence-corrected chi connectivity index (χ0v) is 20.6. The molecule has 182 valence electrons. The van der Waals surface area contributed by atoms with Crippen LogP contribution in [-0.2, 0) is 16.5 Å². The fraction of sp³-hybridized carbons (Fsp3) is 0.320. The molecule has 1 aliphatic rings. The quantitative estimate of drug-likeness (QED) is 0.430. The number of aryl methyl sites for hydroxylation is 1. The molecule has 1 aliphatic heterocycles. The number of aromatic nitrogens is 2. The smallest absolute Gasteiger partial charge is 0.338 e. The summed E-state index contributed by atoms with van der Waals surface area (Å²) in [7, 11) is 5.07. The van der Waals surface area contributed by atoms with E-state index >= 15 is 0 Å². The number of carboxylic acids is 1. The van der Waals surface area contributed by atoms with Gasteiger partial charge in [-0.15, -0.1) is 11.3 Å². The molecule has 1 fully saturated rings. The van der Waals surface area contributed by atoms with Crippen LogP contribution in [0.4, 0.5) is 0 Å². The summed E-state index contributed by atoms with van der Waals surface area (Å²) >= 11 is 1.33. The lowest BCUT2D eigenvalue weighted by Crippen LogP contribution is -2.29. The van der Waals surface area contributed by atoms with Gasteiger partial charge in [0.05, 0.1) is 26.2 Å². The lowest BCUT2D eigenvalue weighted by Gasteiger charge is -2.14. The molecule has 0 spiro atoms. The molecule has 0 aliphatic carbocycles. The highest BCUT2D eigenvalue weighted by Gasteiger charge is 2.36. The average Bonchev–Trinajstić information content (AvgIpc) is 3.54. The van der Waals surface area contributed by atoms with Gasteiger partial charge >= 0.3 is 5.97 Å². The van der Waals surface area contributed by atoms with Crippen molar-refractivity contribution >= 4 is 44.3 Å². The average molecular weight is 496 g/mol. The number of methoxy groups -OCH3 is 2. The minimum Gasteiger partial charge on any atom is -0.478 e. The van der Waals surface area contributed by atoms with Gasteiger partial charge in [0, 0.05) is 63.8 Å². The molecule has 0 radical (unpaired) electrons. The van der Waals surface area contributed by atoms with Crippen LogP contribution in [0.15, 0.2) is 36.5 Å². The second kappa shape index (κ2) is 8.95. The first kappa shape index (κ1) is 23.3. The highest BCUT2D eigenvalue weighted by molar-refractivity contribution is 7.21. The van der Waals surface area contributed by atoms with Crippen molar-refractivity contribution in [3.63, 3.8) is 0 Å². The highest BCUT2D eigenvalue weighted by Crippen LogP contribution is 2.37. The molecule has 0 bridgehead atoms. The number of nitrogens with zero attached hydrogens (tertiary/aromatic N) is 3. The van der Waals surface area contributed by atoms with Crippen molar-refractivity contribution in [1.82, 2.24) is 14.5 Å². The second-order valence-corrected chi connectivity index (χ2v) is 9.55. The van der Waals surface area contributed by atoms with Gasteiger partial charge in [-0.25, -0.2) is 4.79 Å². The minimum absolute atomic E-state index is 0.0949. The maximum Gasteiger partial charge on any atom is 0.338 e. The molecular formula is C25H25N3O6S. The molecule has 2 unspecified atom stereocenters. The third kappa shape index (κ3) is 3.93. The summed E-state index contributed by atoms with van der Waals surface area (Å²) in [6.45, 7) is 2.71. The number of hydrogen-bond acceptors (Lipinski definition) is 7. The summed E-state index contributed by atoms with van der Waals surface area (Å²) in [5.41, 5.74) is 2.39. The van der Waals surface area contributed by atoms with E-state index in [2.05, 4.69) is 4.98 Å². The maximum atomic E-state index is 13.2. The van der Waals surface area contributed by atoms with E-state index < -0.39 is 5.97 Å². The van der Waals surface area contributed by atoms with Crippen molar-refractivity contribution in [2.75, 3.05) is 27.3 Å². The monoisotopic (exact) mass is 495 g/mol. The lowest BCUT2D eigenvalue weighted by molar-refractivity contribution is -0.00461. The predicted octanol–water partition coefficient (Wildman–Crippen LogP) is 4.07. The largest absolute Gasteiger partial charge is 0.478 e. The van der Waals surface area contributed by atoms with Crippen LogP contribution in [0.1, 0.15) is 25.7 Å². The van der Waals surface area contributed by atoms with Gasteiger partial charge in [-0.1, -0.05) is 0 Å². The normalized spacial score (nSPS) is 18.0. The molecule has 3 aromatic heterocycles. The number of benzene rings is 1. The Bertz CT molecular complexity index is 1450. The summed E-state index contributed by atoms with van der Waals surface area (Å²) in [5, 5.41) is 10.2. The van der Waals surface area contributed by atoms with Gasteiger partial charge in [0.25, 0.3) is 5.91 Å². The molecule has 9 nitrogen and oxygen atoms in total. The number of carbonyl (C=O) groups is 2. The Hall–Kier alpha value is -3.47. The van der Waals surface area contributed by atoms with Crippen LogP contribution in [-0.4, -0.2) is 71.0 Å². The number of likely N-dealkylation sites (tertiary alicyclic amines) is 1. The van der Waals surface area contributed by atoms with E-state index in [4.69, 9.17) is 14.2 Å². The van der Waals surface area contributed by atoms with E-state index in [1.165, 1.54) is 11.3 Å². The summed E-state index contributed by atoms with van der Waals surface area (Å²) in [4.78, 5) is 31.6. The third-order valence-corrected chi connectivity index (χ3v) is 7.73. The summed E-state index contributed by atoms with van der Waals surface area (Å²) in [6, 6.07) is 8.86. The fourth-order valence-corrected chi connectivity index (χ4v) is 5.66. The number of ether oxygens (including phenoxy) is 3. The van der Waals surface area contributed by atoms with Crippen LogP contribution >= 0.6 is 11.3 Å². The first-order chi connectivity index (χ1) is 16.8. The maximum absolute atomic E-state index is 13.2. The van der Waals surface area contributed by atoms with Crippen molar-refractivity contribution < 1.29 is 28.9 Å². The van der Waals surface area contributed by atoms with Gasteiger partial charge in [0.1, 0.15) is 23.7 Å². The molecule has 35 heavy (non-hydrogen) atoms. The molecule has 4 heterocycles. The van der Waals surface area contributed by atoms with Crippen LogP contribution in [0.2, 0.25) is 0 Å². The molecule has 5 rings (SSSR count). The molecule has 10 heteroatoms. The number of fused-ring (bicyclic) bond motifs is 2. The van der Waals surface area contributed by atoms with E-state index in [-0.39, 0.29) is 23.7 Å². The van der Waals surface area contributed by atoms with Crippen molar-refractivity contribution in [3.8, 4) is 11.5 Å². The first-order valence-electron chi connectivity index (χ1n) is 11.1. The van der Waals surface area contributed by atoms with E-state index in [0.29, 0.717) is 46.1 Å². The van der Waals surface area contributed by atoms with E-state index in [9.17, 15) is 14.7 Å². The molecule has 1 saturated heterocycles. The van der Waals surface area contributed by atoms with E-state index in [1.807, 2.05) is 17.7 Å². The topological polar surface area (TPSA) is 103 Å². The van der Waals surface area contributed by atoms with Gasteiger partial charge in [-0.3, -0.25) is 9.78 Å². The fourth-order valence-electron chi connectivity index (χ4n) is 4.62. The zero-order chi connectivity index (χ0) is 24.9. The SMILES string of the molecule is COC1CN(C(=O)c2cc3nccc(Oc4ccc5c(C(=O)O)c(C)n(C)c5c4)c3s2)CC1OC. The number of carboxylic acid groups (broad SMARTS) is 1. The number of rotatable bonds is 6. The third-order valence-electron chi connectivity index (χ3n) is 6.60. The molecule has 1 amide bonds. The lowest BCUT2D eigenvalue weighted by atomic mass is 10.1. The summed E-state index contributed by atoms with van der Waals surface area (Å²) in [6.07, 6.45) is 1.32. The van der Waals surface area contributed by atoms with E-state index in [1.54, 1.807) is 56.5 Å². The van der Waals surface area contributed by atoms with Crippen molar-refractivity contribution in [1.29, 1.82) is 0 Å². The molecule has 1 aromatic carbocycles. The second-order valence-electron chi connectivity index (χ2n) is 8.50. The number of amides is 1. The number of thiophene rings is 1. The van der Waals surface area contributed by atoms with Gasteiger partial charge in [0.2, 0.25) is 0 Å². The van der Waals surface area contributed by atoms with Crippen LogP contribution in [0, 0.1) is 6.92 Å². The number of aromatic carboxylic acids is 1. The standard InChI is InChI=1S/C25H25N3O6S/c1-13-22(25(30)31)15-6-5-14(9-17(15)27(13)2)34-18-7-8-26-16-10-21(35-23(16)18)24(29)28-11-19(32-3)20(12-28)33-4/h5-10,19-20H,11-12H2,1-4H3,(H,30,31). The van der Waals surface area contributed by atoms with Gasteiger partial charge < -0.3 is 28.8 Å². The van der Waals surface area contributed by atoms with Gasteiger partial charge in [0.15, 0.2) is 0 Å². The summed E-state index contributed by atoms with van der Waals surface area (Å²) < 4.78 is 19.7. The summed E-state index contributed by atoms with van der Waals surface area (Å²) in [5.74, 6) is 0.0884. The van der Waals surface area contributed by atoms with Crippen molar-refractivity contribution in [2.24, 2.45) is 7.05 Å². The van der Waals surface area contributed by atoms with Crippen molar-refractivity contribution in [2.45, 2.75) is 19.1 Å². The van der Waals surface area contributed by atoms with Crippen LogP contribution in [0.3, 0.4) is 0 Å². The highest BCUT2D eigenvalue weighted by atomic mass is 32.1. The Balaban J connectivity index is 1.45. The Morgan fingerprint density at radius 2 is 1.83 bits per heavy atom. The molecule has 2 atom stereocenters. The van der Waals surface area contributed by atoms with Gasteiger partial charge in [-0.2, -0.15) is 0 Å². The van der Waals surface area contributed by atoms with Crippen LogP contribution < -0.4 is 4.74 Å².